The molecule has 0 fully saturated rings. The van der Waals surface area contributed by atoms with Gasteiger partial charge in [-0.2, -0.15) is 0 Å². The summed E-state index contributed by atoms with van der Waals surface area (Å²) in [6.45, 7) is 3.63. The smallest absolute Gasteiger partial charge is 0.0663 e. The number of anilines is 1. The fraction of sp³-hybridized carbons (Fsp3) is 0.467. The molecular weight excluding hydrogens is 222 g/mol. The minimum atomic E-state index is 0.0366. The lowest BCUT2D eigenvalue weighted by Crippen LogP contribution is -2.34. The third kappa shape index (κ3) is 2.50. The van der Waals surface area contributed by atoms with Crippen molar-refractivity contribution >= 4 is 5.69 Å². The van der Waals surface area contributed by atoms with E-state index in [4.69, 9.17) is 12.2 Å². The number of benzene rings is 1. The van der Waals surface area contributed by atoms with Crippen molar-refractivity contribution in [2.75, 3.05) is 25.0 Å². The lowest BCUT2D eigenvalue weighted by molar-refractivity contribution is 0.518. The number of likely N-dealkylation sites (N-methyl/N-ethyl adjacent to an activating group) is 1. The second kappa shape index (κ2) is 5.43. The zero-order chi connectivity index (χ0) is 13.1. The zero-order valence-electron chi connectivity index (χ0n) is 11.1. The van der Waals surface area contributed by atoms with Crippen molar-refractivity contribution < 1.29 is 0 Å². The van der Waals surface area contributed by atoms with E-state index in [0.717, 1.165) is 13.0 Å². The first-order chi connectivity index (χ1) is 8.65. The first kappa shape index (κ1) is 12.9. The maximum absolute atomic E-state index is 5.84. The molecule has 2 atom stereocenters. The van der Waals surface area contributed by atoms with Crippen LogP contribution in [0.3, 0.4) is 0 Å². The monoisotopic (exact) mass is 243 g/mol. The Morgan fingerprint density at radius 3 is 3.00 bits per heavy atom. The van der Waals surface area contributed by atoms with Crippen LogP contribution < -0.4 is 16.0 Å². The standard InChI is InChI=1S/C15H21N3/c1-4-11(2)17-14(10-16)12-5-6-15-13(9-12)7-8-18(15)3/h1,5-6,9,11,14,17H,7-8,10,16H2,2-3H3. The van der Waals surface area contributed by atoms with E-state index in [1.165, 1.54) is 16.8 Å². The largest absolute Gasteiger partial charge is 0.374 e. The second-order valence-corrected chi connectivity index (χ2v) is 4.90. The molecule has 1 heterocycles. The molecule has 0 amide bonds. The van der Waals surface area contributed by atoms with Crippen LogP contribution in [0.1, 0.15) is 24.1 Å². The van der Waals surface area contributed by atoms with Crippen LogP contribution in [0.4, 0.5) is 5.69 Å². The van der Waals surface area contributed by atoms with Crippen molar-refractivity contribution in [2.45, 2.75) is 25.4 Å². The molecule has 18 heavy (non-hydrogen) atoms. The number of hydrogen-bond acceptors (Lipinski definition) is 3. The second-order valence-electron chi connectivity index (χ2n) is 4.90. The quantitative estimate of drug-likeness (QED) is 0.783. The fourth-order valence-corrected chi connectivity index (χ4v) is 2.45. The van der Waals surface area contributed by atoms with Gasteiger partial charge in [0.25, 0.3) is 0 Å². The van der Waals surface area contributed by atoms with Gasteiger partial charge in [0.05, 0.1) is 6.04 Å². The van der Waals surface area contributed by atoms with Crippen LogP contribution in [0.5, 0.6) is 0 Å². The molecule has 1 aromatic carbocycles. The van der Waals surface area contributed by atoms with Gasteiger partial charge in [-0.1, -0.05) is 18.1 Å². The molecule has 0 bridgehead atoms. The van der Waals surface area contributed by atoms with Gasteiger partial charge in [0, 0.05) is 31.9 Å². The lowest BCUT2D eigenvalue weighted by atomic mass is 10.0. The van der Waals surface area contributed by atoms with E-state index in [-0.39, 0.29) is 12.1 Å². The van der Waals surface area contributed by atoms with Gasteiger partial charge in [0.1, 0.15) is 0 Å². The number of rotatable bonds is 4. The average molecular weight is 243 g/mol. The number of nitrogens with two attached hydrogens (primary N) is 1. The van der Waals surface area contributed by atoms with Crippen molar-refractivity contribution in [1.82, 2.24) is 5.32 Å². The average Bonchev–Trinajstić information content (AvgIpc) is 2.76. The topological polar surface area (TPSA) is 41.3 Å². The van der Waals surface area contributed by atoms with Crippen molar-refractivity contribution in [3.8, 4) is 12.3 Å². The molecule has 2 unspecified atom stereocenters. The van der Waals surface area contributed by atoms with Gasteiger partial charge >= 0.3 is 0 Å². The highest BCUT2D eigenvalue weighted by Crippen LogP contribution is 2.29. The minimum Gasteiger partial charge on any atom is -0.374 e. The first-order valence-corrected chi connectivity index (χ1v) is 6.42. The molecule has 0 saturated heterocycles. The number of nitrogens with one attached hydrogen (secondary N) is 1. The molecule has 3 nitrogen and oxygen atoms in total. The SMILES string of the molecule is C#CC(C)NC(CN)c1ccc2c(c1)CCN2C. The summed E-state index contributed by atoms with van der Waals surface area (Å²) in [5, 5.41) is 3.36. The Morgan fingerprint density at radius 2 is 2.33 bits per heavy atom. The highest BCUT2D eigenvalue weighted by atomic mass is 15.1. The summed E-state index contributed by atoms with van der Waals surface area (Å²) in [5.41, 5.74) is 9.81. The Labute approximate surface area is 109 Å². The Kier molecular flexibility index (Phi) is 3.90. The minimum absolute atomic E-state index is 0.0366. The molecule has 2 rings (SSSR count). The molecule has 0 spiro atoms. The van der Waals surface area contributed by atoms with Crippen molar-refractivity contribution in [1.29, 1.82) is 0 Å². The Balaban J connectivity index is 2.20. The summed E-state index contributed by atoms with van der Waals surface area (Å²) < 4.78 is 0. The summed E-state index contributed by atoms with van der Waals surface area (Å²) in [6.07, 6.45) is 6.51. The van der Waals surface area contributed by atoms with E-state index >= 15 is 0 Å². The molecule has 1 aliphatic rings. The zero-order valence-corrected chi connectivity index (χ0v) is 11.1. The third-order valence-corrected chi connectivity index (χ3v) is 3.57. The van der Waals surface area contributed by atoms with Gasteiger partial charge in [0.15, 0.2) is 0 Å². The fourth-order valence-electron chi connectivity index (χ4n) is 2.45. The van der Waals surface area contributed by atoms with Crippen LogP contribution in [0, 0.1) is 12.3 Å². The van der Waals surface area contributed by atoms with Gasteiger partial charge in [-0.15, -0.1) is 6.42 Å². The summed E-state index contributed by atoms with van der Waals surface area (Å²) in [5.74, 6) is 2.68. The first-order valence-electron chi connectivity index (χ1n) is 6.42. The summed E-state index contributed by atoms with van der Waals surface area (Å²) in [4.78, 5) is 2.29. The van der Waals surface area contributed by atoms with Crippen molar-refractivity contribution in [3.05, 3.63) is 29.3 Å². The maximum atomic E-state index is 5.84. The van der Waals surface area contributed by atoms with Gasteiger partial charge in [-0.25, -0.2) is 0 Å². The number of nitrogens with zero attached hydrogens (tertiary/aromatic N) is 1. The van der Waals surface area contributed by atoms with Crippen LogP contribution in [0.2, 0.25) is 0 Å². The predicted octanol–water partition coefficient (Wildman–Crippen LogP) is 1.29. The summed E-state index contributed by atoms with van der Waals surface area (Å²) in [6, 6.07) is 6.76. The summed E-state index contributed by atoms with van der Waals surface area (Å²) >= 11 is 0. The Bertz CT molecular complexity index is 461. The Hall–Kier alpha value is -1.50. The van der Waals surface area contributed by atoms with E-state index < -0.39 is 0 Å². The molecular formula is C15H21N3. The number of terminal acetylenes is 1. The normalized spacial score (nSPS) is 17.1. The molecule has 3 N–H and O–H groups in total. The highest BCUT2D eigenvalue weighted by Gasteiger charge is 2.18. The maximum Gasteiger partial charge on any atom is 0.0663 e. The molecule has 0 aromatic heterocycles. The van der Waals surface area contributed by atoms with Crippen LogP contribution in [-0.2, 0) is 6.42 Å². The number of fused-ring (bicyclic) bond motifs is 1. The van der Waals surface area contributed by atoms with Crippen LogP contribution in [-0.4, -0.2) is 26.2 Å². The third-order valence-electron chi connectivity index (χ3n) is 3.57. The van der Waals surface area contributed by atoms with Gasteiger partial charge < -0.3 is 10.6 Å². The molecule has 0 saturated carbocycles. The molecule has 0 radical (unpaired) electrons. The molecule has 1 aliphatic heterocycles. The van der Waals surface area contributed by atoms with E-state index in [1.807, 2.05) is 6.92 Å². The van der Waals surface area contributed by atoms with E-state index in [1.54, 1.807) is 0 Å². The van der Waals surface area contributed by atoms with E-state index in [0.29, 0.717) is 6.54 Å². The van der Waals surface area contributed by atoms with E-state index in [9.17, 15) is 0 Å². The van der Waals surface area contributed by atoms with Crippen LogP contribution >= 0.6 is 0 Å². The molecule has 0 aliphatic carbocycles. The Morgan fingerprint density at radius 1 is 1.56 bits per heavy atom. The predicted molar refractivity (Wildman–Crippen MR) is 76.6 cm³/mol. The number of hydrogen-bond donors (Lipinski definition) is 2. The molecule has 96 valence electrons. The van der Waals surface area contributed by atoms with E-state index in [2.05, 4.69) is 41.4 Å². The van der Waals surface area contributed by atoms with Crippen LogP contribution in [0.15, 0.2) is 18.2 Å². The summed E-state index contributed by atoms with van der Waals surface area (Å²) in [7, 11) is 2.13. The van der Waals surface area contributed by atoms with Crippen molar-refractivity contribution in [3.63, 3.8) is 0 Å². The molecule has 3 heteroatoms. The van der Waals surface area contributed by atoms with Crippen LogP contribution in [0.25, 0.3) is 0 Å². The van der Waals surface area contributed by atoms with Crippen molar-refractivity contribution in [2.24, 2.45) is 5.73 Å². The molecule has 1 aromatic rings. The van der Waals surface area contributed by atoms with Gasteiger partial charge in [-0.05, 0) is 30.5 Å². The lowest BCUT2D eigenvalue weighted by Gasteiger charge is -2.21. The highest BCUT2D eigenvalue weighted by molar-refractivity contribution is 5.58. The van der Waals surface area contributed by atoms with Gasteiger partial charge in [0.2, 0.25) is 0 Å². The van der Waals surface area contributed by atoms with Gasteiger partial charge in [-0.3, -0.25) is 5.32 Å².